The molecule has 0 saturated heterocycles. The van der Waals surface area contributed by atoms with Crippen molar-refractivity contribution in [1.29, 1.82) is 10.8 Å². The first-order valence-corrected chi connectivity index (χ1v) is 16.0. The molecule has 2 aromatic carbocycles. The van der Waals surface area contributed by atoms with E-state index in [1.165, 1.54) is 18.5 Å². The molecule has 276 valence electrons. The predicted octanol–water partition coefficient (Wildman–Crippen LogP) is -1.29. The summed E-state index contributed by atoms with van der Waals surface area (Å²) in [6, 6.07) is 13.0. The number of hydrogen-bond acceptors (Lipinski definition) is 14. The summed E-state index contributed by atoms with van der Waals surface area (Å²) in [7, 11) is -2.36. The minimum atomic E-state index is -1.21. The van der Waals surface area contributed by atoms with Gasteiger partial charge in [-0.3, -0.25) is 20.4 Å². The van der Waals surface area contributed by atoms with Crippen LogP contribution < -0.4 is 61.4 Å². The smallest absolute Gasteiger partial charge is 0.870 e. The Balaban J connectivity index is 0.000000281. The summed E-state index contributed by atoms with van der Waals surface area (Å²) >= 11 is 0. The van der Waals surface area contributed by atoms with E-state index < -0.39 is 32.4 Å². The Labute approximate surface area is 332 Å². The molecule has 10 N–H and O–H groups in total. The van der Waals surface area contributed by atoms with Crippen molar-refractivity contribution in [2.75, 3.05) is 6.61 Å². The SMILES string of the molecule is CCOC(=O)CC1OB(O)c2cc(Oc3cc(C(=N)N)ccn3)cc(C)c21.Cc1cc(Oc2cc(C(=N)N)ccn2)cc2c1C(CC(=O)O)OB2O.[Na+].[OH-]. The van der Waals surface area contributed by atoms with Crippen LogP contribution in [0.1, 0.15) is 65.4 Å². The average Bonchev–Trinajstić information content (AvgIpc) is 3.56. The number of rotatable bonds is 11. The molecule has 0 bridgehead atoms. The van der Waals surface area contributed by atoms with Crippen molar-refractivity contribution in [3.63, 3.8) is 0 Å². The minimum absolute atomic E-state index is 0. The number of nitrogen functional groups attached to an aromatic ring is 2. The number of nitrogens with one attached hydrogen (secondary N) is 2. The molecule has 4 aromatic rings. The standard InChI is InChI=1S/C18H20BN3O5.C16H16BN3O5.Na.H2O/c1-3-25-16(23)9-14-17-10(2)6-12(8-13(17)19(24)27-14)26-15-7-11(18(20)21)4-5-22-15;1-8-4-10(24-13-5-9(16(18)19)2-3-20-13)6-11-15(8)12(7-14(21)22)25-17(11)23;;/h4-8,14,24H,3,9H2,1-2H3,(H3,20,21);2-6,12,23H,7H2,1H3,(H3,18,19)(H,21,22);;1H2/q;;+1;/p-1. The van der Waals surface area contributed by atoms with Crippen molar-refractivity contribution < 1.29 is 83.3 Å². The van der Waals surface area contributed by atoms with Gasteiger partial charge in [0.25, 0.3) is 0 Å². The van der Waals surface area contributed by atoms with E-state index in [0.717, 1.165) is 16.7 Å². The van der Waals surface area contributed by atoms with Crippen molar-refractivity contribution in [1.82, 2.24) is 9.97 Å². The molecule has 20 heteroatoms. The van der Waals surface area contributed by atoms with Gasteiger partial charge in [0.1, 0.15) is 23.2 Å². The number of benzene rings is 2. The summed E-state index contributed by atoms with van der Waals surface area (Å²) in [5, 5.41) is 44.2. The van der Waals surface area contributed by atoms with Crippen LogP contribution in [-0.2, 0) is 23.6 Å². The third-order valence-corrected chi connectivity index (χ3v) is 8.10. The van der Waals surface area contributed by atoms with Crippen molar-refractivity contribution >= 4 is 48.8 Å². The Morgan fingerprint density at radius 3 is 1.61 bits per heavy atom. The molecular formula is C34H37B2N6NaO11. The van der Waals surface area contributed by atoms with Gasteiger partial charge < -0.3 is 55.6 Å². The summed E-state index contributed by atoms with van der Waals surface area (Å²) in [6.45, 7) is 5.67. The van der Waals surface area contributed by atoms with Crippen LogP contribution >= 0.6 is 0 Å². The van der Waals surface area contributed by atoms with Crippen LogP contribution in [0.2, 0.25) is 0 Å². The summed E-state index contributed by atoms with van der Waals surface area (Å²) in [6.07, 6.45) is 1.51. The fourth-order valence-electron chi connectivity index (χ4n) is 5.92. The van der Waals surface area contributed by atoms with E-state index in [9.17, 15) is 19.6 Å². The molecule has 0 radical (unpaired) electrons. The fraction of sp³-hybridized carbons (Fsp3) is 0.235. The number of carboxylic acid groups (broad SMARTS) is 1. The van der Waals surface area contributed by atoms with Crippen molar-refractivity contribution in [2.24, 2.45) is 11.5 Å². The minimum Gasteiger partial charge on any atom is -0.870 e. The number of hydrogen-bond donors (Lipinski definition) is 7. The van der Waals surface area contributed by atoms with Crippen molar-refractivity contribution in [3.8, 4) is 23.3 Å². The van der Waals surface area contributed by atoms with E-state index in [4.69, 9.17) is 50.9 Å². The summed E-state index contributed by atoms with van der Waals surface area (Å²) in [5.74, 6) is -0.165. The van der Waals surface area contributed by atoms with Crippen LogP contribution in [0.4, 0.5) is 0 Å². The molecule has 2 unspecified atom stereocenters. The number of fused-ring (bicyclic) bond motifs is 2. The molecule has 6 rings (SSSR count). The number of aromatic nitrogens is 2. The van der Waals surface area contributed by atoms with Gasteiger partial charge in [-0.25, -0.2) is 9.97 Å². The molecule has 17 nitrogen and oxygen atoms in total. The molecule has 2 aliphatic rings. The maximum Gasteiger partial charge on any atom is 1.00 e. The number of ether oxygens (including phenoxy) is 3. The van der Waals surface area contributed by atoms with Gasteiger partial charge in [0.15, 0.2) is 0 Å². The van der Waals surface area contributed by atoms with E-state index in [2.05, 4.69) is 9.97 Å². The third kappa shape index (κ3) is 10.4. The van der Waals surface area contributed by atoms with Crippen LogP contribution in [0.3, 0.4) is 0 Å². The fourth-order valence-corrected chi connectivity index (χ4v) is 5.92. The molecule has 2 atom stereocenters. The van der Waals surface area contributed by atoms with Gasteiger partial charge in [-0.2, -0.15) is 0 Å². The van der Waals surface area contributed by atoms with E-state index in [0.29, 0.717) is 45.7 Å². The van der Waals surface area contributed by atoms with E-state index in [1.54, 1.807) is 56.3 Å². The van der Waals surface area contributed by atoms with Gasteiger partial charge in [-0.15, -0.1) is 0 Å². The van der Waals surface area contributed by atoms with E-state index in [1.807, 2.05) is 6.92 Å². The van der Waals surface area contributed by atoms with Crippen molar-refractivity contribution in [3.05, 3.63) is 94.3 Å². The largest absolute Gasteiger partial charge is 1.00 e. The second-order valence-electron chi connectivity index (χ2n) is 11.8. The number of nitrogens with two attached hydrogens (primary N) is 2. The normalized spacial score (nSPS) is 15.0. The molecule has 2 aromatic heterocycles. The molecule has 54 heavy (non-hydrogen) atoms. The number of nitrogens with zero attached hydrogens (tertiary/aromatic N) is 2. The Morgan fingerprint density at radius 1 is 0.796 bits per heavy atom. The maximum atomic E-state index is 11.8. The second kappa shape index (κ2) is 19.0. The Bertz CT molecular complexity index is 2040. The molecule has 0 spiro atoms. The molecule has 4 heterocycles. The number of carbonyl (C=O) groups excluding carboxylic acids is 1. The van der Waals surface area contributed by atoms with Gasteiger partial charge in [-0.1, -0.05) is 0 Å². The zero-order valence-corrected chi connectivity index (χ0v) is 31.9. The van der Waals surface area contributed by atoms with Crippen LogP contribution in [0.15, 0.2) is 60.9 Å². The summed E-state index contributed by atoms with van der Waals surface area (Å²) in [5.41, 5.74) is 15.9. The Kier molecular flexibility index (Phi) is 15.3. The van der Waals surface area contributed by atoms with Crippen LogP contribution in [0, 0.1) is 24.7 Å². The number of carbonyl (C=O) groups is 2. The second-order valence-corrected chi connectivity index (χ2v) is 11.8. The number of aliphatic carboxylic acids is 1. The van der Waals surface area contributed by atoms with E-state index in [-0.39, 0.29) is 77.3 Å². The van der Waals surface area contributed by atoms with Gasteiger partial charge in [-0.05, 0) is 90.3 Å². The van der Waals surface area contributed by atoms with Crippen LogP contribution in [0.5, 0.6) is 23.3 Å². The molecule has 0 saturated carbocycles. The summed E-state index contributed by atoms with van der Waals surface area (Å²) < 4.78 is 27.3. The Morgan fingerprint density at radius 2 is 1.22 bits per heavy atom. The third-order valence-electron chi connectivity index (χ3n) is 8.10. The number of aryl methyl sites for hydroxylation is 2. The first-order valence-electron chi connectivity index (χ1n) is 16.0. The van der Waals surface area contributed by atoms with Crippen molar-refractivity contribution in [2.45, 2.75) is 45.8 Å². The van der Waals surface area contributed by atoms with Gasteiger partial charge >= 0.3 is 55.7 Å². The van der Waals surface area contributed by atoms with Crippen LogP contribution in [-0.4, -0.2) is 75.1 Å². The number of pyridine rings is 2. The van der Waals surface area contributed by atoms with Gasteiger partial charge in [0.05, 0.1) is 31.7 Å². The first kappa shape index (κ1) is 43.6. The molecule has 0 fully saturated rings. The predicted molar refractivity (Wildman–Crippen MR) is 191 cm³/mol. The van der Waals surface area contributed by atoms with Gasteiger partial charge in [0.2, 0.25) is 11.8 Å². The topological polar surface area (TPSA) is 296 Å². The maximum absolute atomic E-state index is 11.8. The van der Waals surface area contributed by atoms with E-state index >= 15 is 0 Å². The molecule has 0 amide bonds. The molecule has 0 aliphatic carbocycles. The Hall–Kier alpha value is -4.85. The van der Waals surface area contributed by atoms with Crippen LogP contribution in [0.25, 0.3) is 0 Å². The number of esters is 1. The molecule has 2 aliphatic heterocycles. The first-order chi connectivity index (χ1) is 24.7. The average molecular weight is 750 g/mol. The zero-order valence-electron chi connectivity index (χ0n) is 29.9. The monoisotopic (exact) mass is 750 g/mol. The zero-order chi connectivity index (χ0) is 37.7. The number of amidine groups is 2. The quantitative estimate of drug-likeness (QED) is 0.0406. The summed E-state index contributed by atoms with van der Waals surface area (Å²) in [4.78, 5) is 30.9. The molecular weight excluding hydrogens is 713 g/mol. The number of carboxylic acids is 1. The van der Waals surface area contributed by atoms with Gasteiger partial charge in [0, 0.05) is 35.7 Å².